The van der Waals surface area contributed by atoms with Gasteiger partial charge in [-0.25, -0.2) is 15.8 Å². The molecule has 0 aliphatic rings. The van der Waals surface area contributed by atoms with E-state index >= 15 is 0 Å². The first-order valence-corrected chi connectivity index (χ1v) is 6.32. The van der Waals surface area contributed by atoms with Gasteiger partial charge in [-0.05, 0) is 13.3 Å². The van der Waals surface area contributed by atoms with Crippen molar-refractivity contribution in [3.05, 3.63) is 16.4 Å². The molecule has 0 saturated heterocycles. The second-order valence-electron chi connectivity index (χ2n) is 4.36. The van der Waals surface area contributed by atoms with Gasteiger partial charge >= 0.3 is 5.69 Å². The SMILES string of the molecule is CCCCCC(C)Nc1ncnc(NN)c1[N+](=O)[O-]. The van der Waals surface area contributed by atoms with Crippen LogP contribution in [0, 0.1) is 10.1 Å². The van der Waals surface area contributed by atoms with Crippen LogP contribution in [0.1, 0.15) is 39.5 Å². The molecule has 0 spiro atoms. The fourth-order valence-electron chi connectivity index (χ4n) is 1.77. The number of hydrazine groups is 1. The molecule has 19 heavy (non-hydrogen) atoms. The molecule has 8 nitrogen and oxygen atoms in total. The first kappa shape index (κ1) is 15.1. The Balaban J connectivity index is 2.79. The van der Waals surface area contributed by atoms with Gasteiger partial charge in [-0.1, -0.05) is 26.2 Å². The van der Waals surface area contributed by atoms with Crippen LogP contribution in [0.15, 0.2) is 6.33 Å². The molecule has 0 amide bonds. The minimum absolute atomic E-state index is 0.00302. The van der Waals surface area contributed by atoms with Crippen molar-refractivity contribution in [3.8, 4) is 0 Å². The first-order valence-electron chi connectivity index (χ1n) is 6.32. The topological polar surface area (TPSA) is 119 Å². The van der Waals surface area contributed by atoms with Crippen LogP contribution in [0.5, 0.6) is 0 Å². The summed E-state index contributed by atoms with van der Waals surface area (Å²) in [6.07, 6.45) is 5.53. The second kappa shape index (κ2) is 7.47. The molecule has 1 heterocycles. The summed E-state index contributed by atoms with van der Waals surface area (Å²) < 4.78 is 0. The van der Waals surface area contributed by atoms with Crippen molar-refractivity contribution < 1.29 is 4.92 Å². The van der Waals surface area contributed by atoms with E-state index in [-0.39, 0.29) is 23.4 Å². The van der Waals surface area contributed by atoms with Gasteiger partial charge < -0.3 is 10.7 Å². The molecule has 1 unspecified atom stereocenters. The van der Waals surface area contributed by atoms with Crippen molar-refractivity contribution >= 4 is 17.3 Å². The summed E-state index contributed by atoms with van der Waals surface area (Å²) in [5, 5.41) is 14.1. The maximum Gasteiger partial charge on any atom is 0.354 e. The summed E-state index contributed by atoms with van der Waals surface area (Å²) in [5.74, 6) is 5.41. The van der Waals surface area contributed by atoms with Gasteiger partial charge in [-0.3, -0.25) is 10.1 Å². The zero-order chi connectivity index (χ0) is 14.3. The predicted octanol–water partition coefficient (Wildman–Crippen LogP) is 2.05. The number of nitrogens with two attached hydrogens (primary N) is 1. The van der Waals surface area contributed by atoms with Crippen LogP contribution in [0.3, 0.4) is 0 Å². The monoisotopic (exact) mass is 268 g/mol. The highest BCUT2D eigenvalue weighted by molar-refractivity contribution is 5.68. The maximum absolute atomic E-state index is 11.0. The first-order chi connectivity index (χ1) is 9.10. The smallest absolute Gasteiger partial charge is 0.354 e. The summed E-state index contributed by atoms with van der Waals surface area (Å²) in [7, 11) is 0. The van der Waals surface area contributed by atoms with Crippen molar-refractivity contribution in [1.29, 1.82) is 0 Å². The van der Waals surface area contributed by atoms with E-state index in [2.05, 4.69) is 27.6 Å². The third-order valence-corrected chi connectivity index (χ3v) is 2.77. The molecule has 106 valence electrons. The van der Waals surface area contributed by atoms with Gasteiger partial charge in [0.15, 0.2) is 0 Å². The molecule has 0 radical (unpaired) electrons. The standard InChI is InChI=1S/C11H20N6O2/c1-3-4-5-6-8(2)15-10-9(17(18)19)11(16-12)14-7-13-10/h7-8H,3-6,12H2,1-2H3,(H2,13,14,15,16). The van der Waals surface area contributed by atoms with Crippen molar-refractivity contribution in [2.45, 2.75) is 45.6 Å². The zero-order valence-corrected chi connectivity index (χ0v) is 11.2. The van der Waals surface area contributed by atoms with Crippen LogP contribution in [0.4, 0.5) is 17.3 Å². The minimum Gasteiger partial charge on any atom is -0.362 e. The van der Waals surface area contributed by atoms with Gasteiger partial charge in [0.1, 0.15) is 6.33 Å². The maximum atomic E-state index is 11.0. The van der Waals surface area contributed by atoms with Gasteiger partial charge in [-0.2, -0.15) is 0 Å². The Bertz CT molecular complexity index is 426. The molecule has 0 aliphatic heterocycles. The number of nitrogens with zero attached hydrogens (tertiary/aromatic N) is 3. The molecule has 0 fully saturated rings. The lowest BCUT2D eigenvalue weighted by Gasteiger charge is -2.14. The number of nitrogen functional groups attached to an aromatic ring is 1. The number of rotatable bonds is 8. The number of nitrogens with one attached hydrogen (secondary N) is 2. The molecular formula is C11H20N6O2. The van der Waals surface area contributed by atoms with E-state index < -0.39 is 4.92 Å². The van der Waals surface area contributed by atoms with Gasteiger partial charge in [0.05, 0.1) is 4.92 Å². The van der Waals surface area contributed by atoms with Gasteiger partial charge in [0.25, 0.3) is 0 Å². The number of unbranched alkanes of at least 4 members (excludes halogenated alkanes) is 2. The number of aromatic nitrogens is 2. The van der Waals surface area contributed by atoms with Gasteiger partial charge in [0.2, 0.25) is 11.6 Å². The summed E-state index contributed by atoms with van der Waals surface area (Å²) >= 11 is 0. The fraction of sp³-hybridized carbons (Fsp3) is 0.636. The molecular weight excluding hydrogens is 248 g/mol. The molecule has 8 heteroatoms. The average Bonchev–Trinajstić information content (AvgIpc) is 2.38. The molecule has 0 saturated carbocycles. The zero-order valence-electron chi connectivity index (χ0n) is 11.2. The minimum atomic E-state index is -0.545. The lowest BCUT2D eigenvalue weighted by Crippen LogP contribution is -2.19. The molecule has 4 N–H and O–H groups in total. The van der Waals surface area contributed by atoms with Gasteiger partial charge in [0, 0.05) is 6.04 Å². The van der Waals surface area contributed by atoms with E-state index in [4.69, 9.17) is 5.84 Å². The van der Waals surface area contributed by atoms with Crippen LogP contribution in [-0.2, 0) is 0 Å². The Morgan fingerprint density at radius 3 is 2.68 bits per heavy atom. The Labute approximate surface area is 111 Å². The number of hydrogen-bond acceptors (Lipinski definition) is 7. The normalized spacial score (nSPS) is 11.9. The van der Waals surface area contributed by atoms with Crippen molar-refractivity contribution in [1.82, 2.24) is 9.97 Å². The van der Waals surface area contributed by atoms with Crippen LogP contribution in [0.25, 0.3) is 0 Å². The highest BCUT2D eigenvalue weighted by atomic mass is 16.6. The summed E-state index contributed by atoms with van der Waals surface area (Å²) in [6.45, 7) is 4.10. The predicted molar refractivity (Wildman–Crippen MR) is 73.7 cm³/mol. The number of nitro groups is 1. The average molecular weight is 268 g/mol. The Morgan fingerprint density at radius 2 is 2.11 bits per heavy atom. The van der Waals surface area contributed by atoms with E-state index in [1.54, 1.807) is 0 Å². The Hall–Kier alpha value is -1.96. The third kappa shape index (κ3) is 4.32. The van der Waals surface area contributed by atoms with Crippen LogP contribution in [-0.4, -0.2) is 20.9 Å². The highest BCUT2D eigenvalue weighted by Crippen LogP contribution is 2.28. The van der Waals surface area contributed by atoms with Crippen molar-refractivity contribution in [2.75, 3.05) is 10.7 Å². The Morgan fingerprint density at radius 1 is 1.42 bits per heavy atom. The number of anilines is 2. The molecule has 1 aromatic rings. The third-order valence-electron chi connectivity index (χ3n) is 2.77. The van der Waals surface area contributed by atoms with E-state index in [1.165, 1.54) is 6.33 Å². The summed E-state index contributed by atoms with van der Waals surface area (Å²) in [4.78, 5) is 18.1. The van der Waals surface area contributed by atoms with Gasteiger partial charge in [-0.15, -0.1) is 0 Å². The molecule has 1 rings (SSSR count). The van der Waals surface area contributed by atoms with Crippen LogP contribution in [0.2, 0.25) is 0 Å². The molecule has 0 aliphatic carbocycles. The van der Waals surface area contributed by atoms with Crippen LogP contribution < -0.4 is 16.6 Å². The quantitative estimate of drug-likeness (QED) is 0.285. The largest absolute Gasteiger partial charge is 0.362 e. The molecule has 1 aromatic heterocycles. The summed E-state index contributed by atoms with van der Waals surface area (Å²) in [5.41, 5.74) is 1.98. The van der Waals surface area contributed by atoms with E-state index in [0.29, 0.717) is 0 Å². The summed E-state index contributed by atoms with van der Waals surface area (Å²) in [6, 6.07) is 0.103. The van der Waals surface area contributed by atoms with E-state index in [0.717, 1.165) is 25.7 Å². The lowest BCUT2D eigenvalue weighted by molar-refractivity contribution is -0.383. The van der Waals surface area contributed by atoms with E-state index in [1.807, 2.05) is 6.92 Å². The molecule has 0 aromatic carbocycles. The van der Waals surface area contributed by atoms with Crippen LogP contribution >= 0.6 is 0 Å². The second-order valence-corrected chi connectivity index (χ2v) is 4.36. The van der Waals surface area contributed by atoms with E-state index in [9.17, 15) is 10.1 Å². The lowest BCUT2D eigenvalue weighted by atomic mass is 10.1. The number of hydrogen-bond donors (Lipinski definition) is 3. The highest BCUT2D eigenvalue weighted by Gasteiger charge is 2.23. The molecule has 0 bridgehead atoms. The molecule has 1 atom stereocenters. The van der Waals surface area contributed by atoms with Crippen molar-refractivity contribution in [2.24, 2.45) is 5.84 Å². The van der Waals surface area contributed by atoms with Crippen molar-refractivity contribution in [3.63, 3.8) is 0 Å². The Kier molecular flexibility index (Phi) is 5.94. The fourth-order valence-corrected chi connectivity index (χ4v) is 1.77.